The van der Waals surface area contributed by atoms with Gasteiger partial charge in [0.15, 0.2) is 0 Å². The SMILES string of the molecule is NC1CCCc2sc(Cl)cc21. The molecule has 1 aliphatic carbocycles. The Kier molecular flexibility index (Phi) is 1.91. The van der Waals surface area contributed by atoms with Gasteiger partial charge in [0.05, 0.1) is 4.34 Å². The number of nitrogens with two attached hydrogens (primary N) is 1. The number of hydrogen-bond donors (Lipinski definition) is 1. The van der Waals surface area contributed by atoms with E-state index in [4.69, 9.17) is 17.3 Å². The molecule has 11 heavy (non-hydrogen) atoms. The van der Waals surface area contributed by atoms with E-state index in [1.165, 1.54) is 23.3 Å². The summed E-state index contributed by atoms with van der Waals surface area (Å²) in [6, 6.07) is 2.26. The van der Waals surface area contributed by atoms with Crippen molar-refractivity contribution in [1.29, 1.82) is 0 Å². The third kappa shape index (κ3) is 1.31. The molecule has 1 unspecified atom stereocenters. The summed E-state index contributed by atoms with van der Waals surface area (Å²) >= 11 is 7.56. The first-order valence-corrected chi connectivity index (χ1v) is 5.00. The third-order valence-corrected chi connectivity index (χ3v) is 3.47. The van der Waals surface area contributed by atoms with Crippen LogP contribution in [-0.4, -0.2) is 0 Å². The topological polar surface area (TPSA) is 26.0 Å². The number of thiophene rings is 1. The first kappa shape index (κ1) is 7.59. The Labute approximate surface area is 75.2 Å². The summed E-state index contributed by atoms with van der Waals surface area (Å²) in [4.78, 5) is 1.40. The molecule has 0 aromatic carbocycles. The lowest BCUT2D eigenvalue weighted by Crippen LogP contribution is -2.14. The Bertz CT molecular complexity index is 269. The molecule has 1 heterocycles. The van der Waals surface area contributed by atoms with Gasteiger partial charge in [-0.15, -0.1) is 11.3 Å². The zero-order chi connectivity index (χ0) is 7.84. The second-order valence-electron chi connectivity index (χ2n) is 2.93. The summed E-state index contributed by atoms with van der Waals surface area (Å²) in [6.45, 7) is 0. The number of aryl methyl sites for hydroxylation is 1. The van der Waals surface area contributed by atoms with E-state index < -0.39 is 0 Å². The van der Waals surface area contributed by atoms with Crippen LogP contribution >= 0.6 is 22.9 Å². The standard InChI is InChI=1S/C8H10ClNS/c9-8-4-5-6(10)2-1-3-7(5)11-8/h4,6H,1-3,10H2. The molecule has 0 spiro atoms. The lowest BCUT2D eigenvalue weighted by molar-refractivity contribution is 0.578. The lowest BCUT2D eigenvalue weighted by atomic mass is 9.95. The summed E-state index contributed by atoms with van der Waals surface area (Å²) in [5.74, 6) is 0. The number of hydrogen-bond acceptors (Lipinski definition) is 2. The number of rotatable bonds is 0. The fraction of sp³-hybridized carbons (Fsp3) is 0.500. The molecule has 60 valence electrons. The van der Waals surface area contributed by atoms with Gasteiger partial charge in [-0.1, -0.05) is 11.6 Å². The molecule has 1 aromatic heterocycles. The molecule has 1 aliphatic rings. The van der Waals surface area contributed by atoms with Gasteiger partial charge in [0.25, 0.3) is 0 Å². The molecule has 2 N–H and O–H groups in total. The van der Waals surface area contributed by atoms with Crippen LogP contribution in [0.4, 0.5) is 0 Å². The molecule has 3 heteroatoms. The minimum absolute atomic E-state index is 0.238. The lowest BCUT2D eigenvalue weighted by Gasteiger charge is -2.17. The Balaban J connectivity index is 2.43. The van der Waals surface area contributed by atoms with E-state index in [1.807, 2.05) is 6.07 Å². The summed E-state index contributed by atoms with van der Waals surface area (Å²) in [5, 5.41) is 0. The van der Waals surface area contributed by atoms with E-state index in [9.17, 15) is 0 Å². The average molecular weight is 188 g/mol. The summed E-state index contributed by atoms with van der Waals surface area (Å²) in [6.07, 6.45) is 3.49. The van der Waals surface area contributed by atoms with Crippen LogP contribution in [0.25, 0.3) is 0 Å². The van der Waals surface area contributed by atoms with Crippen molar-refractivity contribution >= 4 is 22.9 Å². The molecule has 0 radical (unpaired) electrons. The van der Waals surface area contributed by atoms with Gasteiger partial charge in [-0.05, 0) is 30.9 Å². The fourth-order valence-electron chi connectivity index (χ4n) is 1.56. The molecule has 1 atom stereocenters. The van der Waals surface area contributed by atoms with Crippen molar-refractivity contribution in [3.63, 3.8) is 0 Å². The molecule has 0 bridgehead atoms. The van der Waals surface area contributed by atoms with Crippen molar-refractivity contribution in [3.05, 3.63) is 20.8 Å². The maximum atomic E-state index is 5.91. The predicted molar refractivity (Wildman–Crippen MR) is 49.2 cm³/mol. The molecule has 0 fully saturated rings. The quantitative estimate of drug-likeness (QED) is 0.664. The molecule has 0 saturated carbocycles. The van der Waals surface area contributed by atoms with E-state index >= 15 is 0 Å². The van der Waals surface area contributed by atoms with Gasteiger partial charge in [-0.25, -0.2) is 0 Å². The van der Waals surface area contributed by atoms with Gasteiger partial charge in [0.1, 0.15) is 0 Å². The monoisotopic (exact) mass is 187 g/mol. The zero-order valence-corrected chi connectivity index (χ0v) is 7.71. The van der Waals surface area contributed by atoms with Crippen LogP contribution in [-0.2, 0) is 6.42 Å². The van der Waals surface area contributed by atoms with Crippen LogP contribution in [0.5, 0.6) is 0 Å². The smallest absolute Gasteiger partial charge is 0.0934 e. The Morgan fingerprint density at radius 1 is 1.64 bits per heavy atom. The molecule has 1 aromatic rings. The first-order valence-electron chi connectivity index (χ1n) is 3.81. The van der Waals surface area contributed by atoms with Crippen LogP contribution in [0, 0.1) is 0 Å². The van der Waals surface area contributed by atoms with E-state index in [1.54, 1.807) is 11.3 Å². The molecular weight excluding hydrogens is 178 g/mol. The van der Waals surface area contributed by atoms with Crippen LogP contribution in [0.15, 0.2) is 6.07 Å². The van der Waals surface area contributed by atoms with Crippen LogP contribution in [0.1, 0.15) is 29.3 Å². The van der Waals surface area contributed by atoms with E-state index in [-0.39, 0.29) is 6.04 Å². The van der Waals surface area contributed by atoms with Gasteiger partial charge in [-0.3, -0.25) is 0 Å². The highest BCUT2D eigenvalue weighted by Gasteiger charge is 2.18. The van der Waals surface area contributed by atoms with Crippen molar-refractivity contribution in [1.82, 2.24) is 0 Å². The number of fused-ring (bicyclic) bond motifs is 1. The molecule has 0 aliphatic heterocycles. The minimum atomic E-state index is 0.238. The highest BCUT2D eigenvalue weighted by atomic mass is 35.5. The van der Waals surface area contributed by atoms with E-state index in [2.05, 4.69) is 0 Å². The zero-order valence-electron chi connectivity index (χ0n) is 6.14. The van der Waals surface area contributed by atoms with Crippen molar-refractivity contribution in [2.24, 2.45) is 5.73 Å². The molecular formula is C8H10ClNS. The average Bonchev–Trinajstić information content (AvgIpc) is 2.31. The van der Waals surface area contributed by atoms with Crippen molar-refractivity contribution in [2.45, 2.75) is 25.3 Å². The number of halogens is 1. The third-order valence-electron chi connectivity index (χ3n) is 2.13. The van der Waals surface area contributed by atoms with E-state index in [0.717, 1.165) is 10.8 Å². The first-order chi connectivity index (χ1) is 5.27. The predicted octanol–water partition coefficient (Wildman–Crippen LogP) is 2.74. The van der Waals surface area contributed by atoms with Crippen molar-refractivity contribution < 1.29 is 0 Å². The van der Waals surface area contributed by atoms with Gasteiger partial charge in [0, 0.05) is 10.9 Å². The fourth-order valence-corrected chi connectivity index (χ4v) is 2.95. The van der Waals surface area contributed by atoms with Gasteiger partial charge < -0.3 is 5.73 Å². The maximum absolute atomic E-state index is 5.91. The molecule has 0 amide bonds. The Morgan fingerprint density at radius 3 is 3.18 bits per heavy atom. The van der Waals surface area contributed by atoms with Crippen molar-refractivity contribution in [2.75, 3.05) is 0 Å². The van der Waals surface area contributed by atoms with Crippen LogP contribution < -0.4 is 5.73 Å². The second kappa shape index (κ2) is 2.77. The molecule has 0 saturated heterocycles. The Morgan fingerprint density at radius 2 is 2.45 bits per heavy atom. The maximum Gasteiger partial charge on any atom is 0.0934 e. The largest absolute Gasteiger partial charge is 0.324 e. The van der Waals surface area contributed by atoms with Crippen molar-refractivity contribution in [3.8, 4) is 0 Å². The van der Waals surface area contributed by atoms with Gasteiger partial charge in [-0.2, -0.15) is 0 Å². The highest BCUT2D eigenvalue weighted by molar-refractivity contribution is 7.16. The Hall–Kier alpha value is -0.0500. The molecule has 2 rings (SSSR count). The normalized spacial score (nSPS) is 23.3. The van der Waals surface area contributed by atoms with Gasteiger partial charge in [0.2, 0.25) is 0 Å². The summed E-state index contributed by atoms with van der Waals surface area (Å²) in [5.41, 5.74) is 7.19. The van der Waals surface area contributed by atoms with E-state index in [0.29, 0.717) is 0 Å². The second-order valence-corrected chi connectivity index (χ2v) is 4.70. The summed E-state index contributed by atoms with van der Waals surface area (Å²) in [7, 11) is 0. The van der Waals surface area contributed by atoms with Crippen LogP contribution in [0.2, 0.25) is 4.34 Å². The van der Waals surface area contributed by atoms with Gasteiger partial charge >= 0.3 is 0 Å². The highest BCUT2D eigenvalue weighted by Crippen LogP contribution is 2.36. The summed E-state index contributed by atoms with van der Waals surface area (Å²) < 4.78 is 0.882. The molecule has 1 nitrogen and oxygen atoms in total. The minimum Gasteiger partial charge on any atom is -0.324 e. The van der Waals surface area contributed by atoms with Crippen LogP contribution in [0.3, 0.4) is 0 Å².